The number of aliphatic imine (C=N–C) groups is 1. The number of aromatic nitrogens is 3. The molecule has 0 aliphatic rings. The first-order chi connectivity index (χ1) is 13.6. The van der Waals surface area contributed by atoms with Gasteiger partial charge in [0.05, 0.1) is 20.8 Å². The monoisotopic (exact) mass is 386 g/mol. The average Bonchev–Trinajstić information content (AvgIpc) is 3.18. The number of aryl methyl sites for hydroxylation is 1. The maximum absolute atomic E-state index is 5.50. The van der Waals surface area contributed by atoms with Crippen LogP contribution >= 0.6 is 0 Å². The predicted molar refractivity (Wildman–Crippen MR) is 111 cm³/mol. The van der Waals surface area contributed by atoms with E-state index in [1.165, 1.54) is 0 Å². The van der Waals surface area contributed by atoms with E-state index in [9.17, 15) is 0 Å². The molecule has 0 atom stereocenters. The van der Waals surface area contributed by atoms with Crippen molar-refractivity contribution in [3.05, 3.63) is 48.6 Å². The summed E-state index contributed by atoms with van der Waals surface area (Å²) >= 11 is 0. The number of methoxy groups -OCH3 is 2. The van der Waals surface area contributed by atoms with Crippen LogP contribution in [0.3, 0.4) is 0 Å². The molecule has 0 unspecified atom stereocenters. The van der Waals surface area contributed by atoms with E-state index in [4.69, 9.17) is 14.5 Å². The Balaban J connectivity index is 2.09. The van der Waals surface area contributed by atoms with Crippen LogP contribution in [0, 0.1) is 0 Å². The van der Waals surface area contributed by atoms with Crippen molar-refractivity contribution in [1.82, 2.24) is 25.0 Å². The Hall–Kier alpha value is -3.03. The second kappa shape index (κ2) is 11.0. The van der Waals surface area contributed by atoms with Gasteiger partial charge in [-0.25, -0.2) is 0 Å². The number of hydrogen-bond acceptors (Lipinski definition) is 5. The minimum absolute atomic E-state index is 0.620. The van der Waals surface area contributed by atoms with E-state index in [1.807, 2.05) is 35.9 Å². The van der Waals surface area contributed by atoms with E-state index < -0.39 is 0 Å². The first kappa shape index (κ1) is 21.3. The Labute approximate surface area is 166 Å². The van der Waals surface area contributed by atoms with E-state index in [1.54, 1.807) is 20.5 Å². The molecule has 0 amide bonds. The molecule has 0 spiro atoms. The van der Waals surface area contributed by atoms with Gasteiger partial charge < -0.3 is 24.3 Å². The third-order valence-electron chi connectivity index (χ3n) is 4.28. The molecule has 0 fully saturated rings. The number of nitrogens with one attached hydrogen (secondary N) is 1. The molecule has 1 heterocycles. The molecule has 0 aliphatic heterocycles. The fraction of sp³-hybridized carbons (Fsp3) is 0.450. The molecule has 0 saturated carbocycles. The first-order valence-corrected chi connectivity index (χ1v) is 9.30. The summed E-state index contributed by atoms with van der Waals surface area (Å²) in [5.74, 6) is 3.31. The van der Waals surface area contributed by atoms with Crippen molar-refractivity contribution in [3.63, 3.8) is 0 Å². The molecular formula is C20H30N6O2. The maximum Gasteiger partial charge on any atom is 0.194 e. The topological polar surface area (TPSA) is 76.8 Å². The van der Waals surface area contributed by atoms with Crippen molar-refractivity contribution in [1.29, 1.82) is 0 Å². The zero-order valence-corrected chi connectivity index (χ0v) is 17.2. The molecule has 2 rings (SSSR count). The summed E-state index contributed by atoms with van der Waals surface area (Å²) in [7, 11) is 5.30. The zero-order valence-electron chi connectivity index (χ0n) is 17.2. The molecule has 1 aromatic heterocycles. The molecule has 1 N–H and O–H groups in total. The fourth-order valence-electron chi connectivity index (χ4n) is 2.79. The number of guanidine groups is 1. The van der Waals surface area contributed by atoms with Crippen LogP contribution in [0.4, 0.5) is 0 Å². The number of nitrogens with zero attached hydrogens (tertiary/aromatic N) is 5. The van der Waals surface area contributed by atoms with Crippen LogP contribution in [0.2, 0.25) is 0 Å². The highest BCUT2D eigenvalue weighted by Crippen LogP contribution is 2.25. The van der Waals surface area contributed by atoms with Crippen molar-refractivity contribution >= 4 is 5.96 Å². The summed E-state index contributed by atoms with van der Waals surface area (Å²) in [6.45, 7) is 8.47. The Morgan fingerprint density at radius 1 is 1.36 bits per heavy atom. The fourth-order valence-corrected chi connectivity index (χ4v) is 2.79. The summed E-state index contributed by atoms with van der Waals surface area (Å²) in [6.07, 6.45) is 4.41. The van der Waals surface area contributed by atoms with Gasteiger partial charge in [0.1, 0.15) is 23.7 Å². The Morgan fingerprint density at radius 3 is 2.86 bits per heavy atom. The van der Waals surface area contributed by atoms with E-state index in [2.05, 4.69) is 33.9 Å². The highest BCUT2D eigenvalue weighted by Gasteiger charge is 2.11. The normalized spacial score (nSPS) is 11.2. The van der Waals surface area contributed by atoms with Crippen molar-refractivity contribution in [2.24, 2.45) is 4.99 Å². The molecule has 28 heavy (non-hydrogen) atoms. The van der Waals surface area contributed by atoms with Gasteiger partial charge in [-0.3, -0.25) is 4.99 Å². The van der Waals surface area contributed by atoms with Gasteiger partial charge in [-0.15, -0.1) is 16.8 Å². The molecule has 1 aromatic carbocycles. The van der Waals surface area contributed by atoms with Crippen molar-refractivity contribution in [2.45, 2.75) is 26.4 Å². The highest BCUT2D eigenvalue weighted by atomic mass is 16.5. The molecule has 0 bridgehead atoms. The second-order valence-corrected chi connectivity index (χ2v) is 6.20. The van der Waals surface area contributed by atoms with Crippen molar-refractivity contribution in [2.75, 3.05) is 34.4 Å². The van der Waals surface area contributed by atoms with Gasteiger partial charge in [-0.2, -0.15) is 0 Å². The quantitative estimate of drug-likeness (QED) is 0.383. The standard InChI is InChI=1S/C20H30N6O2/c1-6-10-21-20(22-11-12-26-15-23-24-19(26)7-2)25(3)14-16-8-9-17(27-4)13-18(16)28-5/h6,8-9,13,15H,1,7,10-12,14H2,2-5H3,(H,21,22). The molecular weight excluding hydrogens is 356 g/mol. The SMILES string of the molecule is C=CCNC(=NCCn1cnnc1CC)N(C)Cc1ccc(OC)cc1OC. The molecule has 0 aliphatic carbocycles. The van der Waals surface area contributed by atoms with E-state index in [0.29, 0.717) is 19.6 Å². The number of hydrogen-bond donors (Lipinski definition) is 1. The van der Waals surface area contributed by atoms with Gasteiger partial charge in [0.15, 0.2) is 5.96 Å². The largest absolute Gasteiger partial charge is 0.497 e. The lowest BCUT2D eigenvalue weighted by Gasteiger charge is -2.23. The highest BCUT2D eigenvalue weighted by molar-refractivity contribution is 5.80. The van der Waals surface area contributed by atoms with Crippen LogP contribution in [0.15, 0.2) is 42.2 Å². The van der Waals surface area contributed by atoms with Gasteiger partial charge in [-0.05, 0) is 12.1 Å². The van der Waals surface area contributed by atoms with Gasteiger partial charge in [0.2, 0.25) is 0 Å². The van der Waals surface area contributed by atoms with Gasteiger partial charge in [-0.1, -0.05) is 13.0 Å². The van der Waals surface area contributed by atoms with Gasteiger partial charge >= 0.3 is 0 Å². The third-order valence-corrected chi connectivity index (χ3v) is 4.28. The van der Waals surface area contributed by atoms with E-state index in [-0.39, 0.29) is 0 Å². The summed E-state index contributed by atoms with van der Waals surface area (Å²) in [6, 6.07) is 5.82. The lowest BCUT2D eigenvalue weighted by molar-refractivity contribution is 0.382. The maximum atomic E-state index is 5.50. The van der Waals surface area contributed by atoms with Crippen LogP contribution in [-0.2, 0) is 19.5 Å². The molecule has 0 radical (unpaired) electrons. The average molecular weight is 387 g/mol. The first-order valence-electron chi connectivity index (χ1n) is 9.30. The summed E-state index contributed by atoms with van der Waals surface area (Å²) in [4.78, 5) is 6.79. The summed E-state index contributed by atoms with van der Waals surface area (Å²) in [5, 5.41) is 11.4. The Kier molecular flexibility index (Phi) is 8.33. The van der Waals surface area contributed by atoms with Crippen molar-refractivity contribution < 1.29 is 9.47 Å². The smallest absolute Gasteiger partial charge is 0.194 e. The lowest BCUT2D eigenvalue weighted by atomic mass is 10.2. The molecule has 8 heteroatoms. The molecule has 8 nitrogen and oxygen atoms in total. The van der Waals surface area contributed by atoms with E-state index in [0.717, 1.165) is 41.8 Å². The van der Waals surface area contributed by atoms with Crippen LogP contribution < -0.4 is 14.8 Å². The summed E-state index contributed by atoms with van der Waals surface area (Å²) < 4.78 is 12.8. The lowest BCUT2D eigenvalue weighted by Crippen LogP contribution is -2.39. The minimum Gasteiger partial charge on any atom is -0.497 e. The molecule has 0 saturated heterocycles. The second-order valence-electron chi connectivity index (χ2n) is 6.20. The number of ether oxygens (including phenoxy) is 2. The zero-order chi connectivity index (χ0) is 20.4. The molecule has 2 aromatic rings. The van der Waals surface area contributed by atoms with Crippen LogP contribution in [-0.4, -0.2) is 60.0 Å². The minimum atomic E-state index is 0.620. The van der Waals surface area contributed by atoms with Crippen LogP contribution in [0.1, 0.15) is 18.3 Å². The third kappa shape index (κ3) is 5.73. The van der Waals surface area contributed by atoms with Crippen LogP contribution in [0.5, 0.6) is 11.5 Å². The predicted octanol–water partition coefficient (Wildman–Crippen LogP) is 2.12. The van der Waals surface area contributed by atoms with Gasteiger partial charge in [0.25, 0.3) is 0 Å². The summed E-state index contributed by atoms with van der Waals surface area (Å²) in [5.41, 5.74) is 1.05. The number of rotatable bonds is 10. The molecule has 152 valence electrons. The van der Waals surface area contributed by atoms with E-state index >= 15 is 0 Å². The van der Waals surface area contributed by atoms with Gasteiger partial charge in [0, 0.05) is 44.7 Å². The van der Waals surface area contributed by atoms with Crippen LogP contribution in [0.25, 0.3) is 0 Å². The number of benzene rings is 1. The van der Waals surface area contributed by atoms with Crippen molar-refractivity contribution in [3.8, 4) is 11.5 Å². The Morgan fingerprint density at radius 2 is 2.18 bits per heavy atom. The Bertz CT molecular complexity index is 787.